The quantitative estimate of drug-likeness (QED) is 0.0518. The number of hydrogen-bond donors (Lipinski definition) is 2. The second-order valence-corrected chi connectivity index (χ2v) is 25.3. The third kappa shape index (κ3) is 11.9. The summed E-state index contributed by atoms with van der Waals surface area (Å²) in [7, 11) is -7.58. The van der Waals surface area contributed by atoms with Crippen molar-refractivity contribution in [1.82, 2.24) is 0 Å². The Hall–Kier alpha value is -1.35. The molecule has 2 rings (SSSR count). The molecule has 8 nitrogen and oxygen atoms in total. The Bertz CT molecular complexity index is 1160. The van der Waals surface area contributed by atoms with Crippen LogP contribution in [-0.4, -0.2) is 79.0 Å². The monoisotopic (exact) mass is 712 g/mol. The lowest BCUT2D eigenvalue weighted by Gasteiger charge is -2.35. The van der Waals surface area contributed by atoms with Gasteiger partial charge in [0.1, 0.15) is 6.61 Å². The van der Waals surface area contributed by atoms with E-state index in [1.54, 1.807) is 31.2 Å². The summed E-state index contributed by atoms with van der Waals surface area (Å²) in [6.07, 6.45) is 6.96. The molecule has 1 aliphatic carbocycles. The highest BCUT2D eigenvalue weighted by molar-refractivity contribution is 7.91. The van der Waals surface area contributed by atoms with Gasteiger partial charge in [0.15, 0.2) is 26.5 Å². The highest BCUT2D eigenvalue weighted by atomic mass is 32.2. The molecule has 4 atom stereocenters. The molecular weight excluding hydrogens is 649 g/mol. The third-order valence-corrected chi connectivity index (χ3v) is 22.0. The van der Waals surface area contributed by atoms with Crippen LogP contribution in [0.2, 0.25) is 36.3 Å². The summed E-state index contributed by atoms with van der Waals surface area (Å²) in [6.45, 7) is 14.5. The lowest BCUT2D eigenvalue weighted by molar-refractivity contribution is -0.149. The molecule has 0 unspecified atom stereocenters. The Morgan fingerprint density at radius 3 is 1.85 bits per heavy atom. The first-order chi connectivity index (χ1) is 22.3. The smallest absolute Gasteiger partial charge is 0.305 e. The minimum absolute atomic E-state index is 0.00290. The van der Waals surface area contributed by atoms with Crippen molar-refractivity contribution >= 4 is 32.4 Å². The van der Waals surface area contributed by atoms with Gasteiger partial charge in [0.25, 0.3) is 0 Å². The summed E-state index contributed by atoms with van der Waals surface area (Å²) in [6, 6.07) is 14.9. The van der Waals surface area contributed by atoms with Crippen molar-refractivity contribution in [2.24, 2.45) is 17.3 Å². The number of carbonyl (C=O) groups is 1. The predicted octanol–water partition coefficient (Wildman–Crippen LogP) is 7.53. The number of sulfone groups is 1. The van der Waals surface area contributed by atoms with Crippen LogP contribution in [0, 0.1) is 17.3 Å². The van der Waals surface area contributed by atoms with Gasteiger partial charge in [-0.1, -0.05) is 78.8 Å². The molecule has 0 aliphatic heterocycles. The van der Waals surface area contributed by atoms with Gasteiger partial charge in [-0.2, -0.15) is 0 Å². The molecule has 1 saturated carbocycles. The zero-order chi connectivity index (χ0) is 35.1. The van der Waals surface area contributed by atoms with E-state index in [1.165, 1.54) is 0 Å². The van der Waals surface area contributed by atoms with Crippen molar-refractivity contribution in [3.8, 4) is 0 Å². The van der Waals surface area contributed by atoms with E-state index in [0.29, 0.717) is 24.2 Å². The molecular formula is C36H64O8SSi2. The van der Waals surface area contributed by atoms with Gasteiger partial charge in [-0.25, -0.2) is 8.42 Å². The molecule has 1 aromatic rings. The van der Waals surface area contributed by atoms with Crippen molar-refractivity contribution in [3.63, 3.8) is 0 Å². The number of rotatable bonds is 23. The van der Waals surface area contributed by atoms with Gasteiger partial charge in [0, 0.05) is 17.8 Å². The minimum Gasteiger partial charge on any atom is -0.465 e. The molecule has 0 amide bonds. The Kier molecular flexibility index (Phi) is 17.6. The number of aliphatic hydroxyl groups is 2. The maximum atomic E-state index is 13.9. The molecule has 270 valence electrons. The topological polar surface area (TPSA) is 119 Å². The lowest BCUT2D eigenvalue weighted by atomic mass is 9.92. The summed E-state index contributed by atoms with van der Waals surface area (Å²) in [5, 5.41) is 18.9. The normalized spacial score (nSPS) is 21.0. The van der Waals surface area contributed by atoms with Crippen LogP contribution in [0.4, 0.5) is 0 Å². The summed E-state index contributed by atoms with van der Waals surface area (Å²) >= 11 is 0. The summed E-state index contributed by atoms with van der Waals surface area (Å²) in [5.74, 6) is -0.501. The first kappa shape index (κ1) is 41.8. The second kappa shape index (κ2) is 19.7. The maximum Gasteiger partial charge on any atom is 0.305 e. The van der Waals surface area contributed by atoms with Crippen LogP contribution in [0.1, 0.15) is 80.6 Å². The first-order valence-corrected chi connectivity index (χ1v) is 24.7. The van der Waals surface area contributed by atoms with E-state index in [2.05, 4.69) is 53.7 Å². The first-order valence-electron chi connectivity index (χ1n) is 18.0. The average molecular weight is 713 g/mol. The van der Waals surface area contributed by atoms with E-state index in [1.807, 2.05) is 6.07 Å². The fraction of sp³-hybridized carbons (Fsp3) is 0.750. The molecule has 0 spiro atoms. The lowest BCUT2D eigenvalue weighted by Crippen LogP contribution is -2.43. The largest absolute Gasteiger partial charge is 0.465 e. The number of carbonyl (C=O) groups excluding carboxylic acids is 1. The van der Waals surface area contributed by atoms with Gasteiger partial charge in [0.2, 0.25) is 0 Å². The van der Waals surface area contributed by atoms with Gasteiger partial charge >= 0.3 is 5.97 Å². The standard InChI is InChI=1S/C36H64O8SSi2/c1-8-46(9-2,10-3)43-33-25-34(44-47(11-4,12-5)13-6)32(26-45(40,41)30-21-17-16-18-22-30)31(33)23-19-14-15-20-24-35(39)42-29-36(7,27-37)28-38/h14,16-19,21-22,31-34,37-38H,8-13,15,20,23-29H2,1-7H3/b19-14-/t31-,32-,33+,34-/m1/s1. The van der Waals surface area contributed by atoms with E-state index in [9.17, 15) is 23.4 Å². The molecule has 1 fully saturated rings. The van der Waals surface area contributed by atoms with Crippen LogP contribution in [0.5, 0.6) is 0 Å². The van der Waals surface area contributed by atoms with E-state index in [0.717, 1.165) is 42.7 Å². The summed E-state index contributed by atoms with van der Waals surface area (Å²) < 4.78 is 47.4. The predicted molar refractivity (Wildman–Crippen MR) is 195 cm³/mol. The number of hydrogen-bond acceptors (Lipinski definition) is 8. The van der Waals surface area contributed by atoms with Crippen molar-refractivity contribution in [3.05, 3.63) is 42.5 Å². The van der Waals surface area contributed by atoms with E-state index >= 15 is 0 Å². The highest BCUT2D eigenvalue weighted by Crippen LogP contribution is 2.45. The Balaban J connectivity index is 2.33. The molecule has 2 N–H and O–H groups in total. The van der Waals surface area contributed by atoms with Crippen molar-refractivity contribution < 1.29 is 37.0 Å². The van der Waals surface area contributed by atoms with Gasteiger partial charge in [0.05, 0.1) is 36.1 Å². The van der Waals surface area contributed by atoms with E-state index in [4.69, 9.17) is 13.6 Å². The molecule has 0 saturated heterocycles. The third-order valence-electron chi connectivity index (χ3n) is 10.8. The number of unbranched alkanes of at least 4 members (excludes halogenated alkanes) is 1. The molecule has 1 aliphatic rings. The summed E-state index contributed by atoms with van der Waals surface area (Å²) in [5.41, 5.74) is -0.844. The van der Waals surface area contributed by atoms with Crippen LogP contribution in [0.15, 0.2) is 47.4 Å². The molecule has 0 aromatic heterocycles. The number of allylic oxidation sites excluding steroid dienone is 2. The molecule has 1 aromatic carbocycles. The van der Waals surface area contributed by atoms with Crippen molar-refractivity contribution in [1.29, 1.82) is 0 Å². The molecule has 0 bridgehead atoms. The van der Waals surface area contributed by atoms with Crippen LogP contribution in [-0.2, 0) is 28.2 Å². The van der Waals surface area contributed by atoms with Crippen molar-refractivity contribution in [2.75, 3.05) is 25.6 Å². The number of aliphatic hydroxyl groups excluding tert-OH is 2. The zero-order valence-corrected chi connectivity index (χ0v) is 33.0. The Morgan fingerprint density at radius 2 is 1.36 bits per heavy atom. The van der Waals surface area contributed by atoms with Gasteiger partial charge < -0.3 is 23.8 Å². The number of esters is 1. The number of benzene rings is 1. The zero-order valence-electron chi connectivity index (χ0n) is 30.2. The SMILES string of the molecule is CC[Si](CC)(CC)O[C@H]1C[C@@H](O[Si](CC)(CC)CC)[C@H](CS(=O)(=O)c2ccccc2)[C@H]1C/C=C\CCCC(=O)OCC(C)(CO)CO. The molecule has 0 radical (unpaired) electrons. The van der Waals surface area contributed by atoms with Gasteiger partial charge in [-0.15, -0.1) is 0 Å². The minimum atomic E-state index is -3.55. The molecule has 47 heavy (non-hydrogen) atoms. The summed E-state index contributed by atoms with van der Waals surface area (Å²) in [4.78, 5) is 12.6. The highest BCUT2D eigenvalue weighted by Gasteiger charge is 2.50. The van der Waals surface area contributed by atoms with Crippen LogP contribution in [0.25, 0.3) is 0 Å². The molecule has 0 heterocycles. The second-order valence-electron chi connectivity index (χ2n) is 13.8. The van der Waals surface area contributed by atoms with E-state index < -0.39 is 31.9 Å². The average Bonchev–Trinajstić information content (AvgIpc) is 3.40. The molecule has 11 heteroatoms. The fourth-order valence-corrected chi connectivity index (χ4v) is 14.3. The Morgan fingerprint density at radius 1 is 0.851 bits per heavy atom. The van der Waals surface area contributed by atoms with Crippen LogP contribution in [0.3, 0.4) is 0 Å². The van der Waals surface area contributed by atoms with Crippen molar-refractivity contribution in [2.45, 2.75) is 134 Å². The number of ether oxygens (including phenoxy) is 1. The van der Waals surface area contributed by atoms with Crippen LogP contribution >= 0.6 is 0 Å². The van der Waals surface area contributed by atoms with Crippen LogP contribution < -0.4 is 0 Å². The van der Waals surface area contributed by atoms with Gasteiger partial charge in [-0.3, -0.25) is 4.79 Å². The van der Waals surface area contributed by atoms with E-state index in [-0.39, 0.29) is 62.0 Å². The maximum absolute atomic E-state index is 13.9. The fourth-order valence-electron chi connectivity index (χ4n) is 6.78. The van der Waals surface area contributed by atoms with Gasteiger partial charge in [-0.05, 0) is 80.0 Å². The Labute approximate surface area is 287 Å².